The van der Waals surface area contributed by atoms with Crippen LogP contribution in [0.25, 0.3) is 0 Å². The van der Waals surface area contributed by atoms with E-state index in [2.05, 4.69) is 20.9 Å². The topological polar surface area (TPSA) is 12.9 Å². The van der Waals surface area contributed by atoms with Crippen molar-refractivity contribution in [2.75, 3.05) is 0 Å². The minimum atomic E-state index is -0.318. The average Bonchev–Trinajstić information content (AvgIpc) is 2.70. The molecule has 0 aliphatic heterocycles. The lowest BCUT2D eigenvalue weighted by molar-refractivity contribution is 0.565. The number of halogens is 2. The van der Waals surface area contributed by atoms with Crippen molar-refractivity contribution in [2.45, 2.75) is 18.8 Å². The van der Waals surface area contributed by atoms with E-state index in [1.165, 1.54) is 6.20 Å². The first-order valence-electron chi connectivity index (χ1n) is 3.59. The molecule has 0 radical (unpaired) electrons. The Morgan fingerprint density at radius 3 is 2.82 bits per heavy atom. The summed E-state index contributed by atoms with van der Waals surface area (Å²) in [5.74, 6) is 0.0972. The van der Waals surface area contributed by atoms with E-state index in [4.69, 9.17) is 0 Å². The van der Waals surface area contributed by atoms with Gasteiger partial charge in [-0.3, -0.25) is 0 Å². The first-order valence-corrected chi connectivity index (χ1v) is 4.38. The fraction of sp³-hybridized carbons (Fsp3) is 0.375. The van der Waals surface area contributed by atoms with Crippen molar-refractivity contribution in [1.82, 2.24) is 4.98 Å². The lowest BCUT2D eigenvalue weighted by atomic mass is 10.2. The SMILES string of the molecule is Fc1nccc(Br)c1C1CC1. The standard InChI is InChI=1S/C8H7BrFN/c9-6-3-4-11-8(10)7(6)5-1-2-5/h3-5H,1-2H2. The van der Waals surface area contributed by atoms with Gasteiger partial charge in [0.2, 0.25) is 5.95 Å². The molecule has 0 aromatic carbocycles. The van der Waals surface area contributed by atoms with Gasteiger partial charge in [0.25, 0.3) is 0 Å². The van der Waals surface area contributed by atoms with Crippen molar-refractivity contribution in [3.8, 4) is 0 Å². The molecule has 1 saturated carbocycles. The highest BCUT2D eigenvalue weighted by atomic mass is 79.9. The van der Waals surface area contributed by atoms with Crippen LogP contribution in [-0.2, 0) is 0 Å². The van der Waals surface area contributed by atoms with Gasteiger partial charge in [-0.1, -0.05) is 15.9 Å². The number of hydrogen-bond acceptors (Lipinski definition) is 1. The molecule has 1 fully saturated rings. The van der Waals surface area contributed by atoms with E-state index in [0.29, 0.717) is 5.92 Å². The highest BCUT2D eigenvalue weighted by Gasteiger charge is 2.28. The zero-order chi connectivity index (χ0) is 7.84. The zero-order valence-corrected chi connectivity index (χ0v) is 7.44. The Kier molecular flexibility index (Phi) is 1.68. The Hall–Kier alpha value is -0.440. The summed E-state index contributed by atoms with van der Waals surface area (Å²) in [6.45, 7) is 0. The third-order valence-corrected chi connectivity index (χ3v) is 2.57. The van der Waals surface area contributed by atoms with E-state index in [-0.39, 0.29) is 5.95 Å². The van der Waals surface area contributed by atoms with Gasteiger partial charge in [-0.25, -0.2) is 4.98 Å². The number of aromatic nitrogens is 1. The fourth-order valence-electron chi connectivity index (χ4n) is 1.16. The summed E-state index contributed by atoms with van der Waals surface area (Å²) in [6, 6.07) is 1.79. The van der Waals surface area contributed by atoms with Gasteiger partial charge < -0.3 is 0 Å². The lowest BCUT2D eigenvalue weighted by Crippen LogP contribution is -1.91. The predicted octanol–water partition coefficient (Wildman–Crippen LogP) is 2.86. The van der Waals surface area contributed by atoms with Crippen molar-refractivity contribution < 1.29 is 4.39 Å². The van der Waals surface area contributed by atoms with Crippen LogP contribution in [-0.4, -0.2) is 4.98 Å². The first kappa shape index (κ1) is 7.22. The number of pyridine rings is 1. The molecule has 0 saturated heterocycles. The van der Waals surface area contributed by atoms with Gasteiger partial charge in [0.15, 0.2) is 0 Å². The summed E-state index contributed by atoms with van der Waals surface area (Å²) in [5, 5.41) is 0. The van der Waals surface area contributed by atoms with Crippen molar-refractivity contribution in [2.24, 2.45) is 0 Å². The van der Waals surface area contributed by atoms with E-state index in [1.54, 1.807) is 6.07 Å². The summed E-state index contributed by atoms with van der Waals surface area (Å²) < 4.78 is 13.9. The predicted molar refractivity (Wildman–Crippen MR) is 43.9 cm³/mol. The number of nitrogens with zero attached hydrogens (tertiary/aromatic N) is 1. The van der Waals surface area contributed by atoms with Crippen LogP contribution in [0.3, 0.4) is 0 Å². The summed E-state index contributed by atoms with van der Waals surface area (Å²) in [4.78, 5) is 3.60. The molecule has 0 bridgehead atoms. The van der Waals surface area contributed by atoms with E-state index in [9.17, 15) is 4.39 Å². The zero-order valence-electron chi connectivity index (χ0n) is 5.85. The summed E-state index contributed by atoms with van der Waals surface area (Å²) >= 11 is 3.31. The van der Waals surface area contributed by atoms with Gasteiger partial charge in [0, 0.05) is 16.2 Å². The Morgan fingerprint density at radius 1 is 1.55 bits per heavy atom. The van der Waals surface area contributed by atoms with Crippen LogP contribution in [0.4, 0.5) is 4.39 Å². The molecule has 58 valence electrons. The second-order valence-electron chi connectivity index (χ2n) is 2.77. The smallest absolute Gasteiger partial charge is 0.217 e. The molecule has 0 spiro atoms. The summed E-state index contributed by atoms with van der Waals surface area (Å²) in [6.07, 6.45) is 3.67. The molecule has 1 aromatic rings. The Morgan fingerprint density at radius 2 is 2.27 bits per heavy atom. The van der Waals surface area contributed by atoms with Crippen LogP contribution in [0.5, 0.6) is 0 Å². The molecule has 3 heteroatoms. The molecule has 11 heavy (non-hydrogen) atoms. The Labute approximate surface area is 72.8 Å². The molecular formula is C8H7BrFN. The average molecular weight is 216 g/mol. The third-order valence-electron chi connectivity index (χ3n) is 1.87. The minimum Gasteiger partial charge on any atom is -0.228 e. The van der Waals surface area contributed by atoms with E-state index in [1.807, 2.05) is 0 Å². The largest absolute Gasteiger partial charge is 0.228 e. The van der Waals surface area contributed by atoms with Crippen LogP contribution >= 0.6 is 15.9 Å². The minimum absolute atomic E-state index is 0.318. The summed E-state index contributed by atoms with van der Waals surface area (Å²) in [5.41, 5.74) is 0.757. The van der Waals surface area contributed by atoms with Gasteiger partial charge in [0.05, 0.1) is 0 Å². The monoisotopic (exact) mass is 215 g/mol. The second-order valence-corrected chi connectivity index (χ2v) is 3.63. The van der Waals surface area contributed by atoms with Crippen LogP contribution in [0, 0.1) is 5.95 Å². The van der Waals surface area contributed by atoms with Gasteiger partial charge in [0.1, 0.15) is 0 Å². The van der Waals surface area contributed by atoms with Gasteiger partial charge in [-0.05, 0) is 24.8 Å². The Balaban J connectivity index is 2.48. The molecule has 1 nitrogen and oxygen atoms in total. The molecule has 0 N–H and O–H groups in total. The van der Waals surface area contributed by atoms with E-state index in [0.717, 1.165) is 22.9 Å². The van der Waals surface area contributed by atoms with Gasteiger partial charge in [-0.15, -0.1) is 0 Å². The molecule has 1 aliphatic carbocycles. The van der Waals surface area contributed by atoms with E-state index < -0.39 is 0 Å². The third kappa shape index (κ3) is 1.29. The van der Waals surface area contributed by atoms with Crippen molar-refractivity contribution in [3.63, 3.8) is 0 Å². The maximum absolute atomic E-state index is 13.0. The van der Waals surface area contributed by atoms with Crippen molar-refractivity contribution in [3.05, 3.63) is 28.2 Å². The molecule has 0 atom stereocenters. The molecular weight excluding hydrogens is 209 g/mol. The van der Waals surface area contributed by atoms with Crippen molar-refractivity contribution >= 4 is 15.9 Å². The highest BCUT2D eigenvalue weighted by Crippen LogP contribution is 2.43. The van der Waals surface area contributed by atoms with Gasteiger partial charge in [-0.2, -0.15) is 4.39 Å². The molecule has 1 heterocycles. The molecule has 0 amide bonds. The van der Waals surface area contributed by atoms with Crippen LogP contribution in [0.1, 0.15) is 24.3 Å². The second kappa shape index (κ2) is 2.55. The van der Waals surface area contributed by atoms with Crippen LogP contribution in [0.2, 0.25) is 0 Å². The van der Waals surface area contributed by atoms with E-state index >= 15 is 0 Å². The molecule has 1 aliphatic rings. The van der Waals surface area contributed by atoms with Crippen LogP contribution in [0.15, 0.2) is 16.7 Å². The quantitative estimate of drug-likeness (QED) is 0.657. The first-order chi connectivity index (χ1) is 5.29. The maximum Gasteiger partial charge on any atom is 0.217 e. The molecule has 0 unspecified atom stereocenters. The highest BCUT2D eigenvalue weighted by molar-refractivity contribution is 9.10. The molecule has 2 rings (SSSR count). The van der Waals surface area contributed by atoms with Crippen LogP contribution < -0.4 is 0 Å². The fourth-order valence-corrected chi connectivity index (χ4v) is 1.77. The lowest BCUT2D eigenvalue weighted by Gasteiger charge is -2.00. The van der Waals surface area contributed by atoms with Crippen molar-refractivity contribution in [1.29, 1.82) is 0 Å². The van der Waals surface area contributed by atoms with Gasteiger partial charge >= 0.3 is 0 Å². The maximum atomic E-state index is 13.0. The number of hydrogen-bond donors (Lipinski definition) is 0. The number of rotatable bonds is 1. The molecule has 1 aromatic heterocycles. The summed E-state index contributed by atoms with van der Waals surface area (Å²) in [7, 11) is 0. The normalized spacial score (nSPS) is 16.9. The Bertz CT molecular complexity index is 263.